The molecule has 1 saturated heterocycles. The molecule has 3 aliphatic rings. The number of hydrogen-bond donors (Lipinski definition) is 2. The average molecular weight is 378 g/mol. The third-order valence-corrected chi connectivity index (χ3v) is 6.68. The number of carbonyl (C=O) groups is 1. The molecule has 4 nitrogen and oxygen atoms in total. The summed E-state index contributed by atoms with van der Waals surface area (Å²) in [5, 5.41) is 3.28. The standard InChI is InChI=1S/C18H24BrN3O/c19-14-3-1-2-4-15(14)22-8-7-13(10-22)21-18(23)16-11-5-6-12(9-11)17(16)20/h1-4,11-13,16-17H,5-10,20H2,(H,21,23). The summed E-state index contributed by atoms with van der Waals surface area (Å²) in [5.74, 6) is 1.35. The van der Waals surface area contributed by atoms with Crippen molar-refractivity contribution < 1.29 is 4.79 Å². The summed E-state index contributed by atoms with van der Waals surface area (Å²) < 4.78 is 1.11. The Kier molecular flexibility index (Phi) is 4.10. The van der Waals surface area contributed by atoms with E-state index in [4.69, 9.17) is 5.73 Å². The molecule has 3 fully saturated rings. The maximum atomic E-state index is 12.7. The molecule has 0 spiro atoms. The van der Waals surface area contributed by atoms with Gasteiger partial charge < -0.3 is 16.0 Å². The molecule has 2 bridgehead atoms. The summed E-state index contributed by atoms with van der Waals surface area (Å²) in [5.41, 5.74) is 7.51. The summed E-state index contributed by atoms with van der Waals surface area (Å²) in [7, 11) is 0. The van der Waals surface area contributed by atoms with Crippen molar-refractivity contribution in [2.45, 2.75) is 37.8 Å². The van der Waals surface area contributed by atoms with Gasteiger partial charge in [-0.2, -0.15) is 0 Å². The van der Waals surface area contributed by atoms with Gasteiger partial charge in [0.1, 0.15) is 0 Å². The Bertz CT molecular complexity index is 606. The molecule has 23 heavy (non-hydrogen) atoms. The quantitative estimate of drug-likeness (QED) is 0.850. The van der Waals surface area contributed by atoms with Crippen LogP contribution in [-0.4, -0.2) is 31.1 Å². The zero-order chi connectivity index (χ0) is 16.0. The van der Waals surface area contributed by atoms with Crippen LogP contribution in [0.15, 0.2) is 28.7 Å². The number of rotatable bonds is 3. The van der Waals surface area contributed by atoms with Gasteiger partial charge in [-0.05, 0) is 65.6 Å². The summed E-state index contributed by atoms with van der Waals surface area (Å²) in [6.07, 6.45) is 4.56. The highest BCUT2D eigenvalue weighted by Gasteiger charge is 2.49. The smallest absolute Gasteiger partial charge is 0.225 e. The number of nitrogens with zero attached hydrogens (tertiary/aromatic N) is 1. The summed E-state index contributed by atoms with van der Waals surface area (Å²) in [6, 6.07) is 8.59. The first kappa shape index (κ1) is 15.5. The summed E-state index contributed by atoms with van der Waals surface area (Å²) in [4.78, 5) is 15.0. The second-order valence-electron chi connectivity index (χ2n) is 7.33. The first-order valence-electron chi connectivity index (χ1n) is 8.69. The SMILES string of the molecule is NC1C2CCC(C2)C1C(=O)NC1CCN(c2ccccc2Br)C1. The molecule has 1 aromatic rings. The van der Waals surface area contributed by atoms with Gasteiger partial charge in [-0.3, -0.25) is 4.79 Å². The molecule has 5 unspecified atom stereocenters. The Balaban J connectivity index is 1.37. The highest BCUT2D eigenvalue weighted by atomic mass is 79.9. The van der Waals surface area contributed by atoms with Gasteiger partial charge in [0.15, 0.2) is 0 Å². The van der Waals surface area contributed by atoms with Crippen LogP contribution >= 0.6 is 15.9 Å². The molecule has 5 heteroatoms. The van der Waals surface area contributed by atoms with Crippen molar-refractivity contribution in [3.8, 4) is 0 Å². The van der Waals surface area contributed by atoms with Gasteiger partial charge in [0.25, 0.3) is 0 Å². The minimum atomic E-state index is 0.0475. The Morgan fingerprint density at radius 3 is 2.74 bits per heavy atom. The Labute approximate surface area is 145 Å². The number of fused-ring (bicyclic) bond motifs is 2. The van der Waals surface area contributed by atoms with Crippen LogP contribution in [0.4, 0.5) is 5.69 Å². The number of nitrogens with two attached hydrogens (primary N) is 1. The van der Waals surface area contributed by atoms with E-state index in [-0.39, 0.29) is 23.9 Å². The van der Waals surface area contributed by atoms with E-state index in [0.29, 0.717) is 11.8 Å². The number of benzene rings is 1. The van der Waals surface area contributed by atoms with Crippen molar-refractivity contribution in [1.29, 1.82) is 0 Å². The van der Waals surface area contributed by atoms with Crippen LogP contribution < -0.4 is 16.0 Å². The molecule has 4 rings (SSSR count). The summed E-state index contributed by atoms with van der Waals surface area (Å²) in [6.45, 7) is 1.86. The monoisotopic (exact) mass is 377 g/mol. The Morgan fingerprint density at radius 2 is 2.00 bits per heavy atom. The lowest BCUT2D eigenvalue weighted by Crippen LogP contribution is -2.48. The molecule has 5 atom stereocenters. The molecule has 2 saturated carbocycles. The van der Waals surface area contributed by atoms with Crippen molar-refractivity contribution >= 4 is 27.5 Å². The number of amides is 1. The fourth-order valence-corrected chi connectivity index (χ4v) is 5.36. The molecule has 2 aliphatic carbocycles. The number of hydrogen-bond acceptors (Lipinski definition) is 3. The van der Waals surface area contributed by atoms with Crippen LogP contribution in [0.25, 0.3) is 0 Å². The lowest BCUT2D eigenvalue weighted by Gasteiger charge is -2.28. The van der Waals surface area contributed by atoms with Crippen LogP contribution in [0.2, 0.25) is 0 Å². The maximum Gasteiger partial charge on any atom is 0.225 e. The highest BCUT2D eigenvalue weighted by molar-refractivity contribution is 9.10. The minimum Gasteiger partial charge on any atom is -0.368 e. The zero-order valence-corrected chi connectivity index (χ0v) is 14.8. The van der Waals surface area contributed by atoms with Crippen molar-refractivity contribution in [1.82, 2.24) is 5.32 Å². The van der Waals surface area contributed by atoms with Crippen LogP contribution in [-0.2, 0) is 4.79 Å². The normalized spacial score (nSPS) is 35.7. The number of para-hydroxylation sites is 1. The van der Waals surface area contributed by atoms with Gasteiger partial charge >= 0.3 is 0 Å². The average Bonchev–Trinajstić information content (AvgIpc) is 3.23. The van der Waals surface area contributed by atoms with Gasteiger partial charge in [0.2, 0.25) is 5.91 Å². The number of nitrogens with one attached hydrogen (secondary N) is 1. The molecule has 124 valence electrons. The fraction of sp³-hybridized carbons (Fsp3) is 0.611. The van der Waals surface area contributed by atoms with Crippen molar-refractivity contribution in [2.75, 3.05) is 18.0 Å². The van der Waals surface area contributed by atoms with E-state index in [1.165, 1.54) is 18.5 Å². The lowest BCUT2D eigenvalue weighted by molar-refractivity contribution is -0.127. The number of carbonyl (C=O) groups excluding carboxylic acids is 1. The molecule has 1 heterocycles. The number of halogens is 1. The molecular weight excluding hydrogens is 354 g/mol. The predicted molar refractivity (Wildman–Crippen MR) is 95.2 cm³/mol. The van der Waals surface area contributed by atoms with Crippen LogP contribution in [0.5, 0.6) is 0 Å². The van der Waals surface area contributed by atoms with Crippen LogP contribution in [0, 0.1) is 17.8 Å². The van der Waals surface area contributed by atoms with Crippen LogP contribution in [0.3, 0.4) is 0 Å². The molecule has 1 aromatic carbocycles. The molecule has 0 aromatic heterocycles. The van der Waals surface area contributed by atoms with Gasteiger partial charge in [-0.1, -0.05) is 12.1 Å². The summed E-state index contributed by atoms with van der Waals surface area (Å²) >= 11 is 3.62. The predicted octanol–water partition coefficient (Wildman–Crippen LogP) is 2.52. The second kappa shape index (κ2) is 6.10. The van der Waals surface area contributed by atoms with E-state index < -0.39 is 0 Å². The van der Waals surface area contributed by atoms with E-state index in [9.17, 15) is 4.79 Å². The minimum absolute atomic E-state index is 0.0475. The van der Waals surface area contributed by atoms with Crippen molar-refractivity contribution in [3.63, 3.8) is 0 Å². The van der Waals surface area contributed by atoms with E-state index in [2.05, 4.69) is 44.3 Å². The first-order valence-corrected chi connectivity index (χ1v) is 9.48. The fourth-order valence-electron chi connectivity index (χ4n) is 4.83. The first-order chi connectivity index (χ1) is 11.1. The molecule has 0 radical (unpaired) electrons. The third-order valence-electron chi connectivity index (χ3n) is 6.01. The van der Waals surface area contributed by atoms with E-state index in [1.54, 1.807) is 0 Å². The number of anilines is 1. The van der Waals surface area contributed by atoms with Crippen molar-refractivity contribution in [3.05, 3.63) is 28.7 Å². The Morgan fingerprint density at radius 1 is 1.22 bits per heavy atom. The third kappa shape index (κ3) is 2.78. The van der Waals surface area contributed by atoms with Gasteiger partial charge in [-0.15, -0.1) is 0 Å². The van der Waals surface area contributed by atoms with E-state index in [0.717, 1.165) is 30.4 Å². The lowest BCUT2D eigenvalue weighted by atomic mass is 9.84. The molecule has 1 aliphatic heterocycles. The molecular formula is C18H24BrN3O. The maximum absolute atomic E-state index is 12.7. The molecule has 1 amide bonds. The highest BCUT2D eigenvalue weighted by Crippen LogP contribution is 2.47. The zero-order valence-electron chi connectivity index (χ0n) is 13.2. The second-order valence-corrected chi connectivity index (χ2v) is 8.18. The topological polar surface area (TPSA) is 58.4 Å². The van der Waals surface area contributed by atoms with Gasteiger partial charge in [0.05, 0.1) is 11.6 Å². The van der Waals surface area contributed by atoms with E-state index >= 15 is 0 Å². The molecule has 3 N–H and O–H groups in total. The Hall–Kier alpha value is -1.07. The van der Waals surface area contributed by atoms with E-state index in [1.807, 2.05) is 6.07 Å². The van der Waals surface area contributed by atoms with Gasteiger partial charge in [0, 0.05) is 29.6 Å². The largest absolute Gasteiger partial charge is 0.368 e. The van der Waals surface area contributed by atoms with Crippen molar-refractivity contribution in [2.24, 2.45) is 23.5 Å². The van der Waals surface area contributed by atoms with Gasteiger partial charge in [-0.25, -0.2) is 0 Å². The van der Waals surface area contributed by atoms with Crippen LogP contribution in [0.1, 0.15) is 25.7 Å².